The highest BCUT2D eigenvalue weighted by Gasteiger charge is 2.19. The summed E-state index contributed by atoms with van der Waals surface area (Å²) in [5.41, 5.74) is 12.2. The van der Waals surface area contributed by atoms with Crippen molar-refractivity contribution in [2.75, 3.05) is 0 Å². The normalized spacial score (nSPS) is 11.8. The van der Waals surface area contributed by atoms with E-state index in [0.29, 0.717) is 17.5 Å². The predicted octanol–water partition coefficient (Wildman–Crippen LogP) is 15.4. The molecule has 4 aromatic heterocycles. The number of benzene rings is 9. The quantitative estimate of drug-likeness (QED) is 0.166. The molecule has 0 bridgehead atoms. The van der Waals surface area contributed by atoms with E-state index in [1.807, 2.05) is 54.7 Å². The molecule has 0 saturated heterocycles. The van der Waals surface area contributed by atoms with Gasteiger partial charge in [-0.15, -0.1) is 0 Å². The standard InChI is InChI=1S/C58H34N4O2/c1-2-13-37(14-3-1)56-60-57(62-58(61-56)49-19-9-8-16-44(49)40-15-10-28-59-34-40)43-30-41(38-22-26-52-50(32-38)47-24-20-35-11-4-6-17-45(35)54(47)63-52)29-42(31-43)39-23-27-53-51(33-39)48-25-21-36-12-5-7-18-46(36)55(48)64-53/h1-34H. The van der Waals surface area contributed by atoms with Gasteiger partial charge in [-0.2, -0.15) is 0 Å². The lowest BCUT2D eigenvalue weighted by Gasteiger charge is -2.14. The van der Waals surface area contributed by atoms with Crippen molar-refractivity contribution in [2.45, 2.75) is 0 Å². The molecule has 13 rings (SSSR count). The third kappa shape index (κ3) is 5.96. The third-order valence-corrected chi connectivity index (χ3v) is 12.4. The first-order valence-corrected chi connectivity index (χ1v) is 21.3. The van der Waals surface area contributed by atoms with Crippen LogP contribution in [0.25, 0.3) is 133 Å². The number of aromatic nitrogens is 4. The summed E-state index contributed by atoms with van der Waals surface area (Å²) in [6.45, 7) is 0. The Balaban J connectivity index is 1.04. The van der Waals surface area contributed by atoms with E-state index >= 15 is 0 Å². The van der Waals surface area contributed by atoms with Gasteiger partial charge in [0.1, 0.15) is 22.3 Å². The first-order chi connectivity index (χ1) is 31.7. The van der Waals surface area contributed by atoms with E-state index < -0.39 is 0 Å². The summed E-state index contributed by atoms with van der Waals surface area (Å²) in [7, 11) is 0. The zero-order chi connectivity index (χ0) is 42.1. The molecule has 0 fully saturated rings. The molecule has 0 aliphatic carbocycles. The molecule has 0 unspecified atom stereocenters. The SMILES string of the molecule is c1ccc(-c2nc(-c3cc(-c4ccc5oc6c7ccccc7ccc6c5c4)cc(-c4ccc5oc6c7ccccc7ccc6c5c4)c3)nc(-c3ccccc3-c3cccnc3)n2)cc1. The minimum Gasteiger partial charge on any atom is -0.455 e. The van der Waals surface area contributed by atoms with Crippen LogP contribution in [0.3, 0.4) is 0 Å². The Kier molecular flexibility index (Phi) is 8.11. The highest BCUT2D eigenvalue weighted by atomic mass is 16.3. The van der Waals surface area contributed by atoms with Gasteiger partial charge in [0.15, 0.2) is 17.5 Å². The Labute approximate surface area is 366 Å². The van der Waals surface area contributed by atoms with E-state index in [1.54, 1.807) is 6.20 Å². The number of hydrogen-bond donors (Lipinski definition) is 0. The first kappa shape index (κ1) is 36.0. The molecule has 0 N–H and O–H groups in total. The fourth-order valence-electron chi connectivity index (χ4n) is 9.25. The summed E-state index contributed by atoms with van der Waals surface area (Å²) in [5, 5.41) is 8.78. The van der Waals surface area contributed by atoms with Crippen molar-refractivity contribution in [2.24, 2.45) is 0 Å². The lowest BCUT2D eigenvalue weighted by atomic mass is 9.94. The van der Waals surface area contributed by atoms with Crippen LogP contribution in [-0.2, 0) is 0 Å². The number of rotatable bonds is 6. The molecule has 6 nitrogen and oxygen atoms in total. The van der Waals surface area contributed by atoms with Crippen LogP contribution in [0.1, 0.15) is 0 Å². The van der Waals surface area contributed by atoms with Crippen LogP contribution in [0.15, 0.2) is 215 Å². The topological polar surface area (TPSA) is 77.8 Å². The zero-order valence-electron chi connectivity index (χ0n) is 34.2. The van der Waals surface area contributed by atoms with Crippen LogP contribution in [0.4, 0.5) is 0 Å². The predicted molar refractivity (Wildman–Crippen MR) is 260 cm³/mol. The van der Waals surface area contributed by atoms with Gasteiger partial charge in [-0.05, 0) is 99.3 Å². The van der Waals surface area contributed by atoms with Gasteiger partial charge >= 0.3 is 0 Å². The molecule has 0 saturated carbocycles. The van der Waals surface area contributed by atoms with Gasteiger partial charge in [0.25, 0.3) is 0 Å². The van der Waals surface area contributed by atoms with E-state index in [0.717, 1.165) is 115 Å². The summed E-state index contributed by atoms with van der Waals surface area (Å²) in [6.07, 6.45) is 3.66. The molecular weight excluding hydrogens is 785 g/mol. The summed E-state index contributed by atoms with van der Waals surface area (Å²) < 4.78 is 13.1. The number of pyridine rings is 1. The number of furan rings is 2. The molecular formula is C58H34N4O2. The molecule has 0 amide bonds. The summed E-state index contributed by atoms with van der Waals surface area (Å²) in [5.74, 6) is 1.73. The van der Waals surface area contributed by atoms with Crippen molar-refractivity contribution >= 4 is 65.4 Å². The van der Waals surface area contributed by atoms with E-state index in [4.69, 9.17) is 23.8 Å². The minimum absolute atomic E-state index is 0.565. The minimum atomic E-state index is 0.565. The maximum absolute atomic E-state index is 6.55. The van der Waals surface area contributed by atoms with Crippen LogP contribution in [0, 0.1) is 0 Å². The van der Waals surface area contributed by atoms with E-state index in [2.05, 4.69) is 151 Å². The average molecular weight is 819 g/mol. The van der Waals surface area contributed by atoms with Gasteiger partial charge < -0.3 is 8.83 Å². The second-order valence-electron chi connectivity index (χ2n) is 16.2. The highest BCUT2D eigenvalue weighted by molar-refractivity contribution is 6.17. The Morgan fingerprint density at radius 1 is 0.297 bits per heavy atom. The number of nitrogens with zero attached hydrogens (tertiary/aromatic N) is 4. The van der Waals surface area contributed by atoms with Crippen LogP contribution in [0.2, 0.25) is 0 Å². The van der Waals surface area contributed by atoms with Gasteiger partial charge in [-0.3, -0.25) is 4.98 Å². The van der Waals surface area contributed by atoms with E-state index in [-0.39, 0.29) is 0 Å². The molecule has 0 spiro atoms. The number of fused-ring (bicyclic) bond motifs is 10. The summed E-state index contributed by atoms with van der Waals surface area (Å²) in [4.78, 5) is 20.1. The van der Waals surface area contributed by atoms with Crippen molar-refractivity contribution in [3.63, 3.8) is 0 Å². The smallest absolute Gasteiger partial charge is 0.164 e. The van der Waals surface area contributed by atoms with Crippen molar-refractivity contribution in [1.82, 2.24) is 19.9 Å². The second-order valence-corrected chi connectivity index (χ2v) is 16.2. The van der Waals surface area contributed by atoms with Crippen molar-refractivity contribution < 1.29 is 8.83 Å². The average Bonchev–Trinajstić information content (AvgIpc) is 3.95. The molecule has 6 heteroatoms. The third-order valence-electron chi connectivity index (χ3n) is 12.4. The molecule has 0 aliphatic rings. The fraction of sp³-hybridized carbons (Fsp3) is 0. The van der Waals surface area contributed by atoms with Gasteiger partial charge in [0.05, 0.1) is 0 Å². The monoisotopic (exact) mass is 818 g/mol. The molecule has 0 atom stereocenters. The lowest BCUT2D eigenvalue weighted by Crippen LogP contribution is -2.01. The van der Waals surface area contributed by atoms with Crippen LogP contribution in [0.5, 0.6) is 0 Å². The zero-order valence-corrected chi connectivity index (χ0v) is 34.2. The van der Waals surface area contributed by atoms with Gasteiger partial charge in [-0.1, -0.05) is 133 Å². The van der Waals surface area contributed by atoms with Crippen molar-refractivity contribution in [3.8, 4) is 67.5 Å². The largest absolute Gasteiger partial charge is 0.455 e. The van der Waals surface area contributed by atoms with Crippen LogP contribution < -0.4 is 0 Å². The second kappa shape index (κ2) is 14.4. The molecule has 0 aliphatic heterocycles. The molecule has 0 radical (unpaired) electrons. The van der Waals surface area contributed by atoms with Crippen LogP contribution in [-0.4, -0.2) is 19.9 Å². The maximum Gasteiger partial charge on any atom is 0.164 e. The Morgan fingerprint density at radius 3 is 1.42 bits per heavy atom. The molecule has 64 heavy (non-hydrogen) atoms. The van der Waals surface area contributed by atoms with Crippen LogP contribution >= 0.6 is 0 Å². The summed E-state index contributed by atoms with van der Waals surface area (Å²) >= 11 is 0. The Morgan fingerprint density at radius 2 is 0.812 bits per heavy atom. The number of hydrogen-bond acceptors (Lipinski definition) is 6. The van der Waals surface area contributed by atoms with Gasteiger partial charge in [0.2, 0.25) is 0 Å². The molecule has 13 aromatic rings. The van der Waals surface area contributed by atoms with E-state index in [1.165, 1.54) is 0 Å². The summed E-state index contributed by atoms with van der Waals surface area (Å²) in [6, 6.07) is 67.4. The molecule has 298 valence electrons. The fourth-order valence-corrected chi connectivity index (χ4v) is 9.25. The van der Waals surface area contributed by atoms with Crippen molar-refractivity contribution in [1.29, 1.82) is 0 Å². The molecule has 9 aromatic carbocycles. The van der Waals surface area contributed by atoms with Gasteiger partial charge in [-0.25, -0.2) is 15.0 Å². The lowest BCUT2D eigenvalue weighted by molar-refractivity contribution is 0.672. The highest BCUT2D eigenvalue weighted by Crippen LogP contribution is 2.41. The first-order valence-electron chi connectivity index (χ1n) is 21.3. The Hall–Kier alpha value is -8.74. The maximum atomic E-state index is 6.55. The van der Waals surface area contributed by atoms with Crippen molar-refractivity contribution in [3.05, 3.63) is 207 Å². The van der Waals surface area contributed by atoms with E-state index in [9.17, 15) is 0 Å². The van der Waals surface area contributed by atoms with Gasteiger partial charge in [0, 0.05) is 67.0 Å². The Bertz CT molecular complexity index is 3790. The molecule has 4 heterocycles.